The van der Waals surface area contributed by atoms with Crippen molar-refractivity contribution < 1.29 is 9.53 Å². The summed E-state index contributed by atoms with van der Waals surface area (Å²) in [6, 6.07) is 6.17. The van der Waals surface area contributed by atoms with Crippen LogP contribution in [0.25, 0.3) is 10.9 Å². The van der Waals surface area contributed by atoms with E-state index in [1.54, 1.807) is 7.11 Å². The van der Waals surface area contributed by atoms with Gasteiger partial charge in [0.05, 0.1) is 13.5 Å². The van der Waals surface area contributed by atoms with Crippen LogP contribution in [0.2, 0.25) is 0 Å². The molecule has 3 unspecified atom stereocenters. The summed E-state index contributed by atoms with van der Waals surface area (Å²) >= 11 is 0. The van der Waals surface area contributed by atoms with E-state index < -0.39 is 0 Å². The molecule has 5 nitrogen and oxygen atoms in total. The zero-order chi connectivity index (χ0) is 16.0. The zero-order valence-electron chi connectivity index (χ0n) is 13.8. The summed E-state index contributed by atoms with van der Waals surface area (Å²) in [5.74, 6) is 2.13. The van der Waals surface area contributed by atoms with Gasteiger partial charge < -0.3 is 20.4 Å². The predicted molar refractivity (Wildman–Crippen MR) is 96.6 cm³/mol. The van der Waals surface area contributed by atoms with E-state index in [0.29, 0.717) is 18.3 Å². The first kappa shape index (κ1) is 17.1. The second-order valence-electron chi connectivity index (χ2n) is 6.87. The molecule has 2 aromatic rings. The third-order valence-electron chi connectivity index (χ3n) is 5.58. The Labute approximate surface area is 147 Å². The molecule has 1 amide bonds. The molecule has 2 fully saturated rings. The summed E-state index contributed by atoms with van der Waals surface area (Å²) in [6.07, 6.45) is 4.64. The van der Waals surface area contributed by atoms with Crippen LogP contribution in [-0.4, -0.2) is 42.0 Å². The number of H-pyrrole nitrogens is 1. The number of amides is 1. The van der Waals surface area contributed by atoms with E-state index in [1.807, 2.05) is 29.3 Å². The largest absolute Gasteiger partial charge is 0.497 e. The topological polar surface area (TPSA) is 71.4 Å². The number of nitrogens with one attached hydrogen (secondary N) is 1. The summed E-state index contributed by atoms with van der Waals surface area (Å²) in [5, 5.41) is 1.06. The van der Waals surface area contributed by atoms with Crippen LogP contribution < -0.4 is 10.5 Å². The number of aromatic amines is 1. The Bertz CT molecular complexity index is 745. The van der Waals surface area contributed by atoms with Crippen molar-refractivity contribution in [2.45, 2.75) is 25.3 Å². The van der Waals surface area contributed by atoms with Crippen molar-refractivity contribution >= 4 is 29.2 Å². The van der Waals surface area contributed by atoms with Crippen LogP contribution in [0.3, 0.4) is 0 Å². The molecule has 1 aliphatic heterocycles. The van der Waals surface area contributed by atoms with Crippen LogP contribution in [0.15, 0.2) is 24.4 Å². The van der Waals surface area contributed by atoms with Gasteiger partial charge in [0.2, 0.25) is 5.91 Å². The highest BCUT2D eigenvalue weighted by atomic mass is 35.5. The molecule has 2 aliphatic rings. The van der Waals surface area contributed by atoms with E-state index >= 15 is 0 Å². The van der Waals surface area contributed by atoms with Crippen molar-refractivity contribution in [2.24, 2.45) is 17.6 Å². The molecular weight excluding hydrogens is 326 g/mol. The Hall–Kier alpha value is -1.72. The van der Waals surface area contributed by atoms with Crippen molar-refractivity contribution in [3.8, 4) is 5.75 Å². The van der Waals surface area contributed by atoms with E-state index in [4.69, 9.17) is 10.5 Å². The van der Waals surface area contributed by atoms with Gasteiger partial charge in [-0.2, -0.15) is 0 Å². The molecule has 6 heteroatoms. The number of halogens is 1. The second-order valence-corrected chi connectivity index (χ2v) is 6.87. The molecular formula is C18H24ClN3O2. The van der Waals surface area contributed by atoms with Crippen molar-refractivity contribution in [3.05, 3.63) is 30.0 Å². The highest BCUT2D eigenvalue weighted by molar-refractivity contribution is 5.89. The zero-order valence-corrected chi connectivity index (χ0v) is 14.6. The molecule has 0 bridgehead atoms. The van der Waals surface area contributed by atoms with Crippen LogP contribution in [0.5, 0.6) is 5.75 Å². The van der Waals surface area contributed by atoms with E-state index in [2.05, 4.69) is 4.98 Å². The van der Waals surface area contributed by atoms with Crippen molar-refractivity contribution in [3.63, 3.8) is 0 Å². The normalized spacial score (nSPS) is 25.6. The lowest BCUT2D eigenvalue weighted by molar-refractivity contribution is -0.129. The number of aromatic nitrogens is 1. The summed E-state index contributed by atoms with van der Waals surface area (Å²) < 4.78 is 5.29. The van der Waals surface area contributed by atoms with E-state index in [9.17, 15) is 4.79 Å². The number of likely N-dealkylation sites (tertiary alicyclic amines) is 1. The fourth-order valence-corrected chi connectivity index (χ4v) is 4.22. The van der Waals surface area contributed by atoms with Gasteiger partial charge in [0, 0.05) is 36.2 Å². The van der Waals surface area contributed by atoms with Gasteiger partial charge in [0.1, 0.15) is 5.75 Å². The van der Waals surface area contributed by atoms with E-state index in [-0.39, 0.29) is 24.4 Å². The minimum absolute atomic E-state index is 0. The maximum absolute atomic E-state index is 12.7. The highest BCUT2D eigenvalue weighted by Gasteiger charge is 2.42. The van der Waals surface area contributed by atoms with E-state index in [1.165, 1.54) is 6.42 Å². The lowest BCUT2D eigenvalue weighted by Gasteiger charge is -2.18. The highest BCUT2D eigenvalue weighted by Crippen LogP contribution is 2.37. The van der Waals surface area contributed by atoms with Crippen LogP contribution in [-0.2, 0) is 11.2 Å². The number of nitrogens with two attached hydrogens (primary N) is 1. The number of hydrogen-bond acceptors (Lipinski definition) is 3. The van der Waals surface area contributed by atoms with Crippen molar-refractivity contribution in [1.29, 1.82) is 0 Å². The Morgan fingerprint density at radius 1 is 1.38 bits per heavy atom. The minimum atomic E-state index is 0. The Balaban J connectivity index is 0.00000169. The molecule has 3 atom stereocenters. The SMILES string of the molecule is COc1ccc2[nH]cc(CC(=O)N3CC4CCC(N)C4C3)c2c1.Cl. The minimum Gasteiger partial charge on any atom is -0.497 e. The van der Waals surface area contributed by atoms with Gasteiger partial charge in [-0.1, -0.05) is 0 Å². The molecule has 4 rings (SSSR count). The van der Waals surface area contributed by atoms with Gasteiger partial charge in [-0.05, 0) is 48.4 Å². The molecule has 130 valence electrons. The number of benzene rings is 1. The number of rotatable bonds is 3. The number of carbonyl (C=O) groups excluding carboxylic acids is 1. The summed E-state index contributed by atoms with van der Waals surface area (Å²) in [5.41, 5.74) is 8.24. The molecule has 1 saturated heterocycles. The van der Waals surface area contributed by atoms with Crippen LogP contribution in [0.4, 0.5) is 0 Å². The first-order valence-electron chi connectivity index (χ1n) is 8.33. The van der Waals surface area contributed by atoms with Gasteiger partial charge in [-0.15, -0.1) is 12.4 Å². The summed E-state index contributed by atoms with van der Waals surface area (Å²) in [6.45, 7) is 1.71. The van der Waals surface area contributed by atoms with Crippen LogP contribution in [0, 0.1) is 11.8 Å². The average molecular weight is 350 g/mol. The Morgan fingerprint density at radius 2 is 2.21 bits per heavy atom. The van der Waals surface area contributed by atoms with Crippen LogP contribution in [0.1, 0.15) is 18.4 Å². The molecule has 1 aromatic carbocycles. The first-order chi connectivity index (χ1) is 11.2. The Kier molecular flexibility index (Phi) is 4.74. The maximum atomic E-state index is 12.7. The predicted octanol–water partition coefficient (Wildman–Crippen LogP) is 2.34. The lowest BCUT2D eigenvalue weighted by atomic mass is 9.98. The average Bonchev–Trinajstić information content (AvgIpc) is 3.24. The number of carbonyl (C=O) groups is 1. The fraction of sp³-hybridized carbons (Fsp3) is 0.500. The number of ether oxygens (including phenoxy) is 1. The monoisotopic (exact) mass is 349 g/mol. The molecule has 0 spiro atoms. The fourth-order valence-electron chi connectivity index (χ4n) is 4.22. The standard InChI is InChI=1S/C18H23N3O2.ClH/c1-23-13-3-5-17-14(7-13)12(8-20-17)6-18(22)21-9-11-2-4-16(19)15(11)10-21;/h3,5,7-8,11,15-16,20H,2,4,6,9-10,19H2,1H3;1H. The lowest BCUT2D eigenvalue weighted by Crippen LogP contribution is -2.34. The van der Waals surface area contributed by atoms with Gasteiger partial charge >= 0.3 is 0 Å². The third-order valence-corrected chi connectivity index (χ3v) is 5.58. The maximum Gasteiger partial charge on any atom is 0.227 e. The van der Waals surface area contributed by atoms with Gasteiger partial charge in [-0.25, -0.2) is 0 Å². The summed E-state index contributed by atoms with van der Waals surface area (Å²) in [4.78, 5) is 17.9. The van der Waals surface area contributed by atoms with Gasteiger partial charge in [0.15, 0.2) is 0 Å². The number of methoxy groups -OCH3 is 1. The molecule has 1 saturated carbocycles. The smallest absolute Gasteiger partial charge is 0.227 e. The molecule has 24 heavy (non-hydrogen) atoms. The number of fused-ring (bicyclic) bond motifs is 2. The molecule has 3 N–H and O–H groups in total. The van der Waals surface area contributed by atoms with Crippen LogP contribution >= 0.6 is 12.4 Å². The van der Waals surface area contributed by atoms with E-state index in [0.717, 1.165) is 41.7 Å². The second kappa shape index (κ2) is 6.65. The molecule has 1 aliphatic carbocycles. The third kappa shape index (κ3) is 2.87. The van der Waals surface area contributed by atoms with Gasteiger partial charge in [-0.3, -0.25) is 4.79 Å². The summed E-state index contributed by atoms with van der Waals surface area (Å²) in [7, 11) is 1.66. The quantitative estimate of drug-likeness (QED) is 0.893. The number of hydrogen-bond donors (Lipinski definition) is 2. The molecule has 1 aromatic heterocycles. The van der Waals surface area contributed by atoms with Crippen molar-refractivity contribution in [1.82, 2.24) is 9.88 Å². The number of nitrogens with zero attached hydrogens (tertiary/aromatic N) is 1. The molecule has 0 radical (unpaired) electrons. The molecule has 2 heterocycles. The van der Waals surface area contributed by atoms with Gasteiger partial charge in [0.25, 0.3) is 0 Å². The first-order valence-corrected chi connectivity index (χ1v) is 8.33. The van der Waals surface area contributed by atoms with Crippen molar-refractivity contribution in [2.75, 3.05) is 20.2 Å². The Morgan fingerprint density at radius 3 is 2.96 bits per heavy atom.